The number of aromatic hydroxyl groups is 1. The zero-order valence-corrected chi connectivity index (χ0v) is 20.3. The molecule has 0 fully saturated rings. The molecule has 2 aromatic carbocycles. The number of rotatable bonds is 10. The summed E-state index contributed by atoms with van der Waals surface area (Å²) in [5, 5.41) is 19.7. The van der Waals surface area contributed by atoms with Gasteiger partial charge in [0.05, 0.1) is 16.3 Å². The lowest BCUT2D eigenvalue weighted by molar-refractivity contribution is -0.137. The lowest BCUT2D eigenvalue weighted by Crippen LogP contribution is -2.39. The maximum Gasteiger partial charge on any atom is 0.305 e. The Morgan fingerprint density at radius 1 is 1.29 bits per heavy atom. The van der Waals surface area contributed by atoms with Gasteiger partial charge in [-0.3, -0.25) is 4.79 Å². The highest BCUT2D eigenvalue weighted by atomic mass is 35.5. The number of ether oxygens (including phenoxy) is 1. The standard InChI is InChI=1S/C24H27ClN2O6S/c1-3-17-19(8-6-9-20(17)27(2)14-13-24(29)30)26-34(31,32)16-11-12-23(21(28)15-16)33-22-10-5-4-7-18(22)25/h3-5,7,10-12,15,19,26,28H,1,6,8-9,13-14H2,2H3,(H,29,30)/t19-/m1/s1. The smallest absolute Gasteiger partial charge is 0.305 e. The third-order valence-corrected chi connectivity index (χ3v) is 7.33. The Morgan fingerprint density at radius 2 is 2.03 bits per heavy atom. The number of nitrogens with zero attached hydrogens (tertiary/aromatic N) is 1. The van der Waals surface area contributed by atoms with Gasteiger partial charge >= 0.3 is 5.97 Å². The predicted molar refractivity (Wildman–Crippen MR) is 130 cm³/mol. The van der Waals surface area contributed by atoms with Crippen LogP contribution >= 0.6 is 11.6 Å². The van der Waals surface area contributed by atoms with Crippen LogP contribution in [0.1, 0.15) is 25.7 Å². The van der Waals surface area contributed by atoms with Crippen LogP contribution < -0.4 is 9.46 Å². The van der Waals surface area contributed by atoms with Crippen molar-refractivity contribution in [1.82, 2.24) is 9.62 Å². The van der Waals surface area contributed by atoms with Crippen molar-refractivity contribution in [3.8, 4) is 17.2 Å². The summed E-state index contributed by atoms with van der Waals surface area (Å²) in [4.78, 5) is 12.6. The van der Waals surface area contributed by atoms with Crippen LogP contribution in [0.15, 0.2) is 71.3 Å². The van der Waals surface area contributed by atoms with Gasteiger partial charge in [-0.2, -0.15) is 0 Å². The Balaban J connectivity index is 1.81. The third-order valence-electron chi connectivity index (χ3n) is 5.55. The molecule has 1 atom stereocenters. The van der Waals surface area contributed by atoms with Gasteiger partial charge in [-0.05, 0) is 49.1 Å². The number of sulfonamides is 1. The van der Waals surface area contributed by atoms with Gasteiger partial charge in [-0.15, -0.1) is 0 Å². The second-order valence-electron chi connectivity index (χ2n) is 7.90. The van der Waals surface area contributed by atoms with Crippen molar-refractivity contribution in [2.75, 3.05) is 13.6 Å². The van der Waals surface area contributed by atoms with E-state index in [2.05, 4.69) is 11.3 Å². The second-order valence-corrected chi connectivity index (χ2v) is 10.0. The minimum atomic E-state index is -3.98. The number of aliphatic carboxylic acids is 1. The summed E-state index contributed by atoms with van der Waals surface area (Å²) in [5.41, 5.74) is 1.58. The number of carboxylic acid groups (broad SMARTS) is 1. The fourth-order valence-corrected chi connectivity index (χ4v) is 5.26. The fraction of sp³-hybridized carbons (Fsp3) is 0.292. The van der Waals surface area contributed by atoms with E-state index < -0.39 is 22.0 Å². The van der Waals surface area contributed by atoms with Crippen molar-refractivity contribution in [2.24, 2.45) is 0 Å². The number of carboxylic acids is 1. The van der Waals surface area contributed by atoms with Gasteiger partial charge in [0.1, 0.15) is 5.75 Å². The van der Waals surface area contributed by atoms with Crippen molar-refractivity contribution in [1.29, 1.82) is 0 Å². The van der Waals surface area contributed by atoms with Crippen molar-refractivity contribution in [3.63, 3.8) is 0 Å². The third kappa shape index (κ3) is 6.11. The SMILES string of the molecule is C=CC1=C(N(C)CCC(=O)O)CCC[C@H]1NS(=O)(=O)c1ccc(Oc2ccccc2Cl)c(O)c1. The van der Waals surface area contributed by atoms with E-state index in [1.54, 1.807) is 37.4 Å². The molecule has 0 aromatic heterocycles. The summed E-state index contributed by atoms with van der Waals surface area (Å²) in [6.45, 7) is 4.14. The van der Waals surface area contributed by atoms with Crippen molar-refractivity contribution in [3.05, 3.63) is 71.4 Å². The summed E-state index contributed by atoms with van der Waals surface area (Å²) in [7, 11) is -2.20. The van der Waals surface area contributed by atoms with Crippen LogP contribution in [0.2, 0.25) is 5.02 Å². The van der Waals surface area contributed by atoms with Gasteiger partial charge in [0, 0.05) is 31.4 Å². The van der Waals surface area contributed by atoms with E-state index in [0.29, 0.717) is 35.7 Å². The first-order valence-electron chi connectivity index (χ1n) is 10.7. The summed E-state index contributed by atoms with van der Waals surface area (Å²) in [6, 6.07) is 10.0. The summed E-state index contributed by atoms with van der Waals surface area (Å²) in [6.07, 6.45) is 3.58. The maximum absolute atomic E-state index is 13.1. The number of phenolic OH excluding ortho intramolecular Hbond substituents is 1. The highest BCUT2D eigenvalue weighted by Crippen LogP contribution is 2.36. The van der Waals surface area contributed by atoms with Crippen molar-refractivity contribution >= 4 is 27.6 Å². The van der Waals surface area contributed by atoms with Crippen molar-refractivity contribution < 1.29 is 28.2 Å². The Bertz CT molecular complexity index is 1210. The number of hydrogen-bond donors (Lipinski definition) is 3. The number of hydrogen-bond acceptors (Lipinski definition) is 6. The van der Waals surface area contributed by atoms with Gasteiger partial charge in [0.2, 0.25) is 10.0 Å². The van der Waals surface area contributed by atoms with Crippen LogP contribution in [-0.4, -0.2) is 49.1 Å². The van der Waals surface area contributed by atoms with E-state index in [9.17, 15) is 18.3 Å². The molecular formula is C24H27ClN2O6S. The van der Waals surface area contributed by atoms with Crippen LogP contribution in [0, 0.1) is 0 Å². The monoisotopic (exact) mass is 506 g/mol. The molecule has 0 amide bonds. The zero-order chi connectivity index (χ0) is 24.9. The summed E-state index contributed by atoms with van der Waals surface area (Å²) in [5.74, 6) is -0.850. The number of para-hydroxylation sites is 1. The molecule has 3 rings (SSSR count). The predicted octanol–water partition coefficient (Wildman–Crippen LogP) is 4.52. The quantitative estimate of drug-likeness (QED) is 0.434. The number of halogens is 1. The number of carbonyl (C=O) groups is 1. The number of benzene rings is 2. The van der Waals surface area contributed by atoms with Crippen LogP contribution in [0.3, 0.4) is 0 Å². The summed E-state index contributed by atoms with van der Waals surface area (Å²) >= 11 is 6.08. The first-order valence-corrected chi connectivity index (χ1v) is 12.5. The topological polar surface area (TPSA) is 116 Å². The van der Waals surface area contributed by atoms with Crippen LogP contribution in [-0.2, 0) is 14.8 Å². The molecule has 1 aliphatic rings. The molecule has 0 saturated carbocycles. The fourth-order valence-electron chi connectivity index (χ4n) is 3.82. The van der Waals surface area contributed by atoms with Gasteiger partial charge in [-0.1, -0.05) is 36.4 Å². The highest BCUT2D eigenvalue weighted by molar-refractivity contribution is 7.89. The van der Waals surface area contributed by atoms with Gasteiger partial charge in [-0.25, -0.2) is 13.1 Å². The molecule has 3 N–H and O–H groups in total. The van der Waals surface area contributed by atoms with E-state index in [1.807, 2.05) is 4.90 Å². The molecule has 8 nitrogen and oxygen atoms in total. The molecule has 0 heterocycles. The number of allylic oxidation sites excluding steroid dienone is 1. The number of nitrogens with one attached hydrogen (secondary N) is 1. The van der Waals surface area contributed by atoms with Crippen molar-refractivity contribution in [2.45, 2.75) is 36.6 Å². The molecule has 2 aromatic rings. The zero-order valence-electron chi connectivity index (χ0n) is 18.7. The van der Waals surface area contributed by atoms with Gasteiger partial charge in [0.15, 0.2) is 11.5 Å². The molecule has 10 heteroatoms. The molecule has 34 heavy (non-hydrogen) atoms. The van der Waals surface area contributed by atoms with E-state index in [1.165, 1.54) is 12.1 Å². The molecule has 182 valence electrons. The lowest BCUT2D eigenvalue weighted by Gasteiger charge is -2.33. The van der Waals surface area contributed by atoms with Crippen LogP contribution in [0.4, 0.5) is 0 Å². The Kier molecular flexibility index (Phi) is 8.24. The van der Waals surface area contributed by atoms with E-state index in [-0.39, 0.29) is 22.8 Å². The molecular weight excluding hydrogens is 480 g/mol. The van der Waals surface area contributed by atoms with E-state index in [0.717, 1.165) is 18.2 Å². The molecule has 0 saturated heterocycles. The minimum absolute atomic E-state index is 0.0251. The average Bonchev–Trinajstić information content (AvgIpc) is 2.79. The highest BCUT2D eigenvalue weighted by Gasteiger charge is 2.28. The maximum atomic E-state index is 13.1. The molecule has 0 aliphatic heterocycles. The molecule has 0 spiro atoms. The minimum Gasteiger partial charge on any atom is -0.504 e. The Labute approximate surface area is 204 Å². The van der Waals surface area contributed by atoms with E-state index >= 15 is 0 Å². The molecule has 0 unspecified atom stereocenters. The van der Waals surface area contributed by atoms with Gasteiger partial charge in [0.25, 0.3) is 0 Å². The van der Waals surface area contributed by atoms with Crippen LogP contribution in [0.5, 0.6) is 17.2 Å². The average molecular weight is 507 g/mol. The normalized spacial score (nSPS) is 16.2. The number of phenols is 1. The molecule has 0 radical (unpaired) electrons. The molecule has 0 bridgehead atoms. The second kappa shape index (κ2) is 10.9. The Hall–Kier alpha value is -3.01. The largest absolute Gasteiger partial charge is 0.504 e. The van der Waals surface area contributed by atoms with Crippen LogP contribution in [0.25, 0.3) is 0 Å². The first-order chi connectivity index (χ1) is 16.1. The summed E-state index contributed by atoms with van der Waals surface area (Å²) < 4.78 is 34.5. The lowest BCUT2D eigenvalue weighted by atomic mass is 9.91. The van der Waals surface area contributed by atoms with E-state index in [4.69, 9.17) is 21.4 Å². The first kappa shape index (κ1) is 25.6. The Morgan fingerprint density at radius 3 is 2.68 bits per heavy atom. The molecule has 1 aliphatic carbocycles. The van der Waals surface area contributed by atoms with Gasteiger partial charge < -0.3 is 19.8 Å².